The van der Waals surface area contributed by atoms with Gasteiger partial charge in [-0.05, 0) is 91.1 Å². The molecule has 0 amide bonds. The van der Waals surface area contributed by atoms with Crippen LogP contribution in [-0.4, -0.2) is 134 Å². The smallest absolute Gasteiger partial charge is 0.333 e. The number of likely N-dealkylation sites (N-methyl/N-ethyl adjacent to an activating group) is 1. The molecule has 0 radical (unpaired) electrons. The highest BCUT2D eigenvalue weighted by Gasteiger charge is 2.48. The maximum Gasteiger partial charge on any atom is 0.333 e. The van der Waals surface area contributed by atoms with Gasteiger partial charge in [-0.1, -0.05) is 173 Å². The first-order valence-electron chi connectivity index (χ1n) is 33.9. The lowest BCUT2D eigenvalue weighted by molar-refractivity contribution is -0.151. The molecule has 496 valence electrons. The minimum Gasteiger partial charge on any atom is -0.461 e. The zero-order chi connectivity index (χ0) is 63.3. The number of aromatic nitrogens is 11. The topological polar surface area (TPSA) is 246 Å². The van der Waals surface area contributed by atoms with Crippen molar-refractivity contribution in [3.63, 3.8) is 0 Å². The van der Waals surface area contributed by atoms with Crippen LogP contribution in [0.3, 0.4) is 0 Å². The highest BCUT2D eigenvalue weighted by molar-refractivity contribution is 5.70. The van der Waals surface area contributed by atoms with E-state index in [1.54, 1.807) is 12.4 Å². The summed E-state index contributed by atoms with van der Waals surface area (Å²) in [4.78, 5) is 70.4. The largest absolute Gasteiger partial charge is 0.461 e. The molecule has 5 rings (SSSR count). The summed E-state index contributed by atoms with van der Waals surface area (Å²) in [7, 11) is 3.78. The molecule has 1 fully saturated rings. The molecule has 5 heterocycles. The van der Waals surface area contributed by atoms with Crippen molar-refractivity contribution in [1.82, 2.24) is 59.0 Å². The SMILES string of the molecule is CCCCCCC(CCCCCC)OC(=O)Cn1cc(CO[C@@H]2[C@H](OCc3cn(CC(=O)OC(CCCCCC)CCCCCC)nn3)[C@@H](CN(C)C)O[C@H]2n2ccc(=O)n(Cc3cn(CC(=O)OC(CCCCCC)CCCCCC)nn3)c2=O)nn1. The first-order valence-corrected chi connectivity index (χ1v) is 33.9. The summed E-state index contributed by atoms with van der Waals surface area (Å²) in [5.41, 5.74) is -0.191. The standard InChI is InChI=1S/C65H110N12O11/c1-9-15-21-27-33-54(34-28-22-16-10-2)85-59(79)46-73-41-51(66-69-73)44-77-58(78)39-40-76(65(77)82)64-63(84-50-53-43-75(71-68-53)48-61(81)87-56(37-31-25-19-13-5)38-32-26-20-14-6)62(57(88-64)45-72(7)8)83-49-52-42-74(70-67-52)47-60(80)86-55(35-29-23-17-11-3)36-30-24-18-12-4/h39-43,54-57,62-64H,9-38,44-50H2,1-8H3/t57-,62-,63-,64-/m1/s1. The molecular weight excluding hydrogens is 1120 g/mol. The van der Waals surface area contributed by atoms with Gasteiger partial charge in [0.25, 0.3) is 5.56 Å². The lowest BCUT2D eigenvalue weighted by atomic mass is 10.0. The Kier molecular flexibility index (Phi) is 35.2. The van der Waals surface area contributed by atoms with Gasteiger partial charge in [0.15, 0.2) is 6.23 Å². The summed E-state index contributed by atoms with van der Waals surface area (Å²) in [6.45, 7) is 12.5. The summed E-state index contributed by atoms with van der Waals surface area (Å²) in [6.07, 6.45) is 33.1. The minimum atomic E-state index is -1.14. The fraction of sp³-hybridized carbons (Fsp3) is 0.800. The maximum atomic E-state index is 14.7. The number of unbranched alkanes of at least 4 members (excludes halogenated alkanes) is 18. The average Bonchev–Trinajstić information content (AvgIpc) is 1.88. The molecule has 1 aliphatic rings. The van der Waals surface area contributed by atoms with Gasteiger partial charge in [-0.15, -0.1) is 15.3 Å². The highest BCUT2D eigenvalue weighted by Crippen LogP contribution is 2.35. The lowest BCUT2D eigenvalue weighted by Gasteiger charge is -2.25. The third-order valence-corrected chi connectivity index (χ3v) is 16.2. The van der Waals surface area contributed by atoms with Crippen molar-refractivity contribution < 1.29 is 42.8 Å². The Hall–Kier alpha value is -5.65. The summed E-state index contributed by atoms with van der Waals surface area (Å²) < 4.78 is 44.8. The van der Waals surface area contributed by atoms with Crippen LogP contribution in [0.15, 0.2) is 40.4 Å². The Morgan fingerprint density at radius 1 is 0.500 bits per heavy atom. The number of carbonyl (C=O) groups excluding carboxylic acids is 3. The van der Waals surface area contributed by atoms with Crippen LogP contribution in [0, 0.1) is 0 Å². The first kappa shape index (κ1) is 73.1. The quantitative estimate of drug-likeness (QED) is 0.0226. The molecule has 0 bridgehead atoms. The molecule has 88 heavy (non-hydrogen) atoms. The molecule has 0 saturated carbocycles. The van der Waals surface area contributed by atoms with E-state index in [1.165, 1.54) is 37.1 Å². The molecule has 1 aliphatic heterocycles. The second-order valence-electron chi connectivity index (χ2n) is 24.5. The number of carbonyl (C=O) groups is 3. The van der Waals surface area contributed by atoms with Gasteiger partial charge in [0.1, 0.15) is 73.3 Å². The number of rotatable bonds is 50. The molecule has 4 aromatic heterocycles. The highest BCUT2D eigenvalue weighted by atomic mass is 16.6. The van der Waals surface area contributed by atoms with E-state index in [9.17, 15) is 24.0 Å². The van der Waals surface area contributed by atoms with Crippen LogP contribution in [0.4, 0.5) is 0 Å². The molecule has 0 aromatic carbocycles. The Morgan fingerprint density at radius 3 is 1.22 bits per heavy atom. The Labute approximate surface area is 523 Å². The van der Waals surface area contributed by atoms with Gasteiger partial charge in [-0.3, -0.25) is 28.3 Å². The normalized spacial score (nSPS) is 16.0. The van der Waals surface area contributed by atoms with Crippen molar-refractivity contribution in [2.24, 2.45) is 0 Å². The number of hydrogen-bond acceptors (Lipinski definition) is 18. The van der Waals surface area contributed by atoms with Crippen LogP contribution in [0.25, 0.3) is 0 Å². The van der Waals surface area contributed by atoms with Crippen molar-refractivity contribution in [3.05, 3.63) is 68.8 Å². The lowest BCUT2D eigenvalue weighted by Crippen LogP contribution is -2.44. The minimum absolute atomic E-state index is 0.0657. The van der Waals surface area contributed by atoms with Crippen molar-refractivity contribution in [2.75, 3.05) is 20.6 Å². The van der Waals surface area contributed by atoms with E-state index in [1.807, 2.05) is 19.0 Å². The monoisotopic (exact) mass is 1230 g/mol. The van der Waals surface area contributed by atoms with Gasteiger partial charge in [0.2, 0.25) is 0 Å². The number of nitrogens with zero attached hydrogens (tertiary/aromatic N) is 12. The van der Waals surface area contributed by atoms with Crippen LogP contribution in [-0.2, 0) is 82.2 Å². The zero-order valence-corrected chi connectivity index (χ0v) is 54.9. The van der Waals surface area contributed by atoms with Gasteiger partial charge in [-0.25, -0.2) is 18.8 Å². The van der Waals surface area contributed by atoms with E-state index in [-0.39, 0.29) is 69.4 Å². The predicted octanol–water partition coefficient (Wildman–Crippen LogP) is 11.0. The molecule has 1 saturated heterocycles. The summed E-state index contributed by atoms with van der Waals surface area (Å²) in [5.74, 6) is -1.20. The molecule has 0 unspecified atom stereocenters. The molecule has 23 nitrogen and oxygen atoms in total. The van der Waals surface area contributed by atoms with Gasteiger partial charge >= 0.3 is 23.6 Å². The molecule has 0 spiro atoms. The van der Waals surface area contributed by atoms with Crippen LogP contribution in [0.2, 0.25) is 0 Å². The third-order valence-electron chi connectivity index (χ3n) is 16.2. The van der Waals surface area contributed by atoms with E-state index in [0.717, 1.165) is 197 Å². The van der Waals surface area contributed by atoms with Crippen LogP contribution < -0.4 is 11.2 Å². The first-order chi connectivity index (χ1) is 42.8. The van der Waals surface area contributed by atoms with Crippen LogP contribution >= 0.6 is 0 Å². The maximum absolute atomic E-state index is 14.7. The van der Waals surface area contributed by atoms with Gasteiger partial charge < -0.3 is 33.3 Å². The fourth-order valence-corrected chi connectivity index (χ4v) is 11.3. The predicted molar refractivity (Wildman–Crippen MR) is 336 cm³/mol. The van der Waals surface area contributed by atoms with Gasteiger partial charge in [0, 0.05) is 18.8 Å². The molecule has 4 atom stereocenters. The van der Waals surface area contributed by atoms with E-state index < -0.39 is 47.7 Å². The van der Waals surface area contributed by atoms with Crippen molar-refractivity contribution in [3.8, 4) is 0 Å². The number of ether oxygens (including phenoxy) is 6. The Balaban J connectivity index is 1.36. The van der Waals surface area contributed by atoms with Gasteiger partial charge in [-0.2, -0.15) is 0 Å². The second kappa shape index (κ2) is 42.4. The van der Waals surface area contributed by atoms with Crippen LogP contribution in [0.1, 0.15) is 257 Å². The van der Waals surface area contributed by atoms with Crippen molar-refractivity contribution in [2.45, 2.75) is 316 Å². The summed E-state index contributed by atoms with van der Waals surface area (Å²) in [6, 6.07) is 1.27. The fourth-order valence-electron chi connectivity index (χ4n) is 11.3. The number of hydrogen-bond donors (Lipinski definition) is 0. The van der Waals surface area contributed by atoms with E-state index in [4.69, 9.17) is 28.4 Å². The Bertz CT molecular complexity index is 2630. The molecule has 0 N–H and O–H groups in total. The van der Waals surface area contributed by atoms with E-state index in [2.05, 4.69) is 72.5 Å². The molecule has 23 heteroatoms. The van der Waals surface area contributed by atoms with E-state index >= 15 is 0 Å². The third kappa shape index (κ3) is 27.2. The van der Waals surface area contributed by atoms with E-state index in [0.29, 0.717) is 17.9 Å². The average molecular weight is 1240 g/mol. The Morgan fingerprint density at radius 2 is 0.852 bits per heavy atom. The second-order valence-corrected chi connectivity index (χ2v) is 24.5. The summed E-state index contributed by atoms with van der Waals surface area (Å²) >= 11 is 0. The van der Waals surface area contributed by atoms with Crippen molar-refractivity contribution >= 4 is 17.9 Å². The summed E-state index contributed by atoms with van der Waals surface area (Å²) in [5, 5.41) is 25.6. The molecule has 4 aromatic rings. The zero-order valence-electron chi connectivity index (χ0n) is 54.9. The van der Waals surface area contributed by atoms with Crippen molar-refractivity contribution in [1.29, 1.82) is 0 Å². The van der Waals surface area contributed by atoms with Crippen LogP contribution in [0.5, 0.6) is 0 Å². The van der Waals surface area contributed by atoms with Gasteiger partial charge in [0.05, 0.1) is 38.3 Å². The molecular formula is C65H110N12O11. The number of esters is 3. The molecule has 0 aliphatic carbocycles.